The first kappa shape index (κ1) is 23.3. The number of carbonyl (C=O) groups is 2. The molecular weight excluding hydrogens is 390 g/mol. The van der Waals surface area contributed by atoms with E-state index in [1.165, 1.54) is 5.57 Å². The Morgan fingerprint density at radius 2 is 1.84 bits per heavy atom. The number of amides is 2. The Morgan fingerprint density at radius 1 is 1.10 bits per heavy atom. The quantitative estimate of drug-likeness (QED) is 0.647. The summed E-state index contributed by atoms with van der Waals surface area (Å²) in [6, 6.07) is 9.79. The van der Waals surface area contributed by atoms with Crippen molar-refractivity contribution in [3.8, 4) is 5.75 Å². The van der Waals surface area contributed by atoms with Crippen molar-refractivity contribution in [1.29, 1.82) is 0 Å². The number of nitrogens with zero attached hydrogens (tertiary/aromatic N) is 2. The van der Waals surface area contributed by atoms with Gasteiger partial charge in [-0.05, 0) is 51.7 Å². The van der Waals surface area contributed by atoms with E-state index in [4.69, 9.17) is 4.74 Å². The van der Waals surface area contributed by atoms with Crippen LogP contribution in [0.3, 0.4) is 0 Å². The predicted octanol–water partition coefficient (Wildman–Crippen LogP) is 3.24. The van der Waals surface area contributed by atoms with Crippen LogP contribution in [0.5, 0.6) is 5.75 Å². The number of carbonyl (C=O) groups excluding carboxylic acids is 2. The summed E-state index contributed by atoms with van der Waals surface area (Å²) in [7, 11) is 0. The van der Waals surface area contributed by atoms with Gasteiger partial charge in [-0.2, -0.15) is 0 Å². The van der Waals surface area contributed by atoms with Gasteiger partial charge in [-0.1, -0.05) is 29.8 Å². The van der Waals surface area contributed by atoms with Gasteiger partial charge >= 0.3 is 0 Å². The van der Waals surface area contributed by atoms with Crippen LogP contribution >= 0.6 is 0 Å². The molecular formula is C25H37N3O3. The van der Waals surface area contributed by atoms with Gasteiger partial charge in [0.1, 0.15) is 5.75 Å². The van der Waals surface area contributed by atoms with Gasteiger partial charge in [0.25, 0.3) is 0 Å². The average Bonchev–Trinajstić information content (AvgIpc) is 2.79. The minimum Gasteiger partial charge on any atom is -0.493 e. The first-order valence-corrected chi connectivity index (χ1v) is 11.6. The Morgan fingerprint density at radius 3 is 2.55 bits per heavy atom. The number of piperidine rings is 2. The molecule has 3 rings (SSSR count). The van der Waals surface area contributed by atoms with Crippen LogP contribution < -0.4 is 10.1 Å². The second-order valence-corrected chi connectivity index (χ2v) is 8.96. The Labute approximate surface area is 186 Å². The number of para-hydroxylation sites is 1. The van der Waals surface area contributed by atoms with Gasteiger partial charge in [-0.25, -0.2) is 0 Å². The number of benzene rings is 1. The van der Waals surface area contributed by atoms with Crippen molar-refractivity contribution < 1.29 is 14.3 Å². The third-order valence-electron chi connectivity index (χ3n) is 6.16. The first-order valence-electron chi connectivity index (χ1n) is 11.6. The molecule has 2 aliphatic rings. The second-order valence-electron chi connectivity index (χ2n) is 8.96. The molecule has 0 aromatic heterocycles. The summed E-state index contributed by atoms with van der Waals surface area (Å²) >= 11 is 0. The summed E-state index contributed by atoms with van der Waals surface area (Å²) in [4.78, 5) is 29.7. The highest BCUT2D eigenvalue weighted by Gasteiger charge is 2.30. The van der Waals surface area contributed by atoms with E-state index in [1.807, 2.05) is 35.2 Å². The predicted molar refractivity (Wildman–Crippen MR) is 123 cm³/mol. The topological polar surface area (TPSA) is 61.9 Å². The van der Waals surface area contributed by atoms with Gasteiger partial charge < -0.3 is 15.0 Å². The maximum absolute atomic E-state index is 12.8. The monoisotopic (exact) mass is 427 g/mol. The molecule has 6 heteroatoms. The SMILES string of the molecule is CC(C)=CCN1CCC(NC(=O)C2CCCN(C(=O)CCOc3ccccc3)C2)CC1. The van der Waals surface area contributed by atoms with Crippen molar-refractivity contribution in [3.05, 3.63) is 42.0 Å². The Kier molecular flexibility index (Phi) is 8.95. The molecule has 0 aliphatic carbocycles. The molecule has 2 saturated heterocycles. The number of rotatable bonds is 8. The standard InChI is InChI=1S/C25H37N3O3/c1-20(2)10-15-27-16-11-22(12-17-27)26-25(30)21-7-6-14-28(19-21)24(29)13-18-31-23-8-4-3-5-9-23/h3-5,8-10,21-22H,6-7,11-19H2,1-2H3,(H,26,30). The van der Waals surface area contributed by atoms with E-state index in [9.17, 15) is 9.59 Å². The Balaban J connectivity index is 1.38. The van der Waals surface area contributed by atoms with E-state index < -0.39 is 0 Å². The van der Waals surface area contributed by atoms with Gasteiger partial charge in [-0.15, -0.1) is 0 Å². The van der Waals surface area contributed by atoms with Crippen molar-refractivity contribution in [1.82, 2.24) is 15.1 Å². The first-order chi connectivity index (χ1) is 15.0. The number of ether oxygens (including phenoxy) is 1. The highest BCUT2D eigenvalue weighted by atomic mass is 16.5. The lowest BCUT2D eigenvalue weighted by atomic mass is 9.95. The zero-order valence-corrected chi connectivity index (χ0v) is 19.0. The second kappa shape index (κ2) is 11.9. The highest BCUT2D eigenvalue weighted by molar-refractivity contribution is 5.81. The number of hydrogen-bond acceptors (Lipinski definition) is 4. The maximum Gasteiger partial charge on any atom is 0.226 e. The van der Waals surface area contributed by atoms with Crippen LogP contribution in [-0.2, 0) is 9.59 Å². The van der Waals surface area contributed by atoms with Crippen LogP contribution in [0, 0.1) is 5.92 Å². The molecule has 2 fully saturated rings. The molecule has 0 radical (unpaired) electrons. The molecule has 2 heterocycles. The molecule has 2 amide bonds. The van der Waals surface area contributed by atoms with Crippen molar-refractivity contribution in [3.63, 3.8) is 0 Å². The lowest BCUT2D eigenvalue weighted by Crippen LogP contribution is -2.50. The minimum atomic E-state index is -0.101. The summed E-state index contributed by atoms with van der Waals surface area (Å²) in [5.74, 6) is 0.858. The van der Waals surface area contributed by atoms with Gasteiger partial charge in [-0.3, -0.25) is 14.5 Å². The van der Waals surface area contributed by atoms with Crippen molar-refractivity contribution >= 4 is 11.8 Å². The molecule has 6 nitrogen and oxygen atoms in total. The van der Waals surface area contributed by atoms with Crippen molar-refractivity contribution in [2.75, 3.05) is 39.3 Å². The average molecular weight is 428 g/mol. The highest BCUT2D eigenvalue weighted by Crippen LogP contribution is 2.19. The summed E-state index contributed by atoms with van der Waals surface area (Å²) in [5.41, 5.74) is 1.35. The van der Waals surface area contributed by atoms with E-state index in [1.54, 1.807) is 0 Å². The third kappa shape index (κ3) is 7.69. The summed E-state index contributed by atoms with van der Waals surface area (Å²) in [5, 5.41) is 3.25. The summed E-state index contributed by atoms with van der Waals surface area (Å²) in [6.45, 7) is 8.91. The molecule has 0 spiro atoms. The van der Waals surface area contributed by atoms with E-state index in [2.05, 4.69) is 30.1 Å². The maximum atomic E-state index is 12.8. The molecule has 1 atom stereocenters. The van der Waals surface area contributed by atoms with Crippen LogP contribution in [0.25, 0.3) is 0 Å². The van der Waals surface area contributed by atoms with E-state index in [0.29, 0.717) is 19.6 Å². The molecule has 1 aromatic carbocycles. The molecule has 31 heavy (non-hydrogen) atoms. The molecule has 0 saturated carbocycles. The fraction of sp³-hybridized carbons (Fsp3) is 0.600. The number of allylic oxidation sites excluding steroid dienone is 1. The van der Waals surface area contributed by atoms with Crippen LogP contribution in [0.15, 0.2) is 42.0 Å². The van der Waals surface area contributed by atoms with Gasteiger partial charge in [0.2, 0.25) is 11.8 Å². The fourth-order valence-corrected chi connectivity index (χ4v) is 4.24. The number of likely N-dealkylation sites (tertiary alicyclic amines) is 2. The summed E-state index contributed by atoms with van der Waals surface area (Å²) in [6.07, 6.45) is 6.33. The lowest BCUT2D eigenvalue weighted by Gasteiger charge is -2.35. The zero-order chi connectivity index (χ0) is 22.1. The van der Waals surface area contributed by atoms with Crippen molar-refractivity contribution in [2.24, 2.45) is 5.92 Å². The Hall–Kier alpha value is -2.34. The molecule has 2 aliphatic heterocycles. The molecule has 170 valence electrons. The van der Waals surface area contributed by atoms with Crippen LogP contribution in [0.2, 0.25) is 0 Å². The van der Waals surface area contributed by atoms with E-state index in [-0.39, 0.29) is 23.8 Å². The summed E-state index contributed by atoms with van der Waals surface area (Å²) < 4.78 is 5.65. The smallest absolute Gasteiger partial charge is 0.226 e. The van der Waals surface area contributed by atoms with E-state index in [0.717, 1.165) is 57.6 Å². The number of hydrogen-bond donors (Lipinski definition) is 1. The molecule has 1 aromatic rings. The molecule has 1 unspecified atom stereocenters. The lowest BCUT2D eigenvalue weighted by molar-refractivity contribution is -0.136. The van der Waals surface area contributed by atoms with Gasteiger partial charge in [0.15, 0.2) is 0 Å². The largest absolute Gasteiger partial charge is 0.493 e. The van der Waals surface area contributed by atoms with Crippen LogP contribution in [-0.4, -0.2) is 67.0 Å². The van der Waals surface area contributed by atoms with Crippen LogP contribution in [0.1, 0.15) is 46.0 Å². The van der Waals surface area contributed by atoms with Gasteiger partial charge in [0, 0.05) is 38.8 Å². The molecule has 0 bridgehead atoms. The number of nitrogens with one attached hydrogen (secondary N) is 1. The van der Waals surface area contributed by atoms with E-state index >= 15 is 0 Å². The van der Waals surface area contributed by atoms with Crippen LogP contribution in [0.4, 0.5) is 0 Å². The molecule has 1 N–H and O–H groups in total. The minimum absolute atomic E-state index is 0.0704. The normalized spacial score (nSPS) is 20.2. The van der Waals surface area contributed by atoms with Gasteiger partial charge in [0.05, 0.1) is 18.9 Å². The third-order valence-corrected chi connectivity index (χ3v) is 6.16. The van der Waals surface area contributed by atoms with Crippen molar-refractivity contribution in [2.45, 2.75) is 52.0 Å². The Bertz CT molecular complexity index is 738. The zero-order valence-electron chi connectivity index (χ0n) is 19.0. The fourth-order valence-electron chi connectivity index (χ4n) is 4.24.